The van der Waals surface area contributed by atoms with E-state index in [-0.39, 0.29) is 17.7 Å². The minimum Gasteiger partial charge on any atom is -0.462 e. The molecular formula is C16H15F2NO3S. The van der Waals surface area contributed by atoms with Crippen LogP contribution in [-0.4, -0.2) is 18.5 Å². The molecule has 4 nitrogen and oxygen atoms in total. The average Bonchev–Trinajstić information content (AvgIpc) is 2.73. The highest BCUT2D eigenvalue weighted by Crippen LogP contribution is 2.33. The molecule has 7 heteroatoms. The van der Waals surface area contributed by atoms with Gasteiger partial charge in [0.25, 0.3) is 5.91 Å². The first-order chi connectivity index (χ1) is 10.8. The lowest BCUT2D eigenvalue weighted by Gasteiger charge is -2.07. The van der Waals surface area contributed by atoms with Crippen LogP contribution in [0, 0.1) is 25.5 Å². The van der Waals surface area contributed by atoms with Gasteiger partial charge in [0.1, 0.15) is 16.6 Å². The Morgan fingerprint density at radius 2 is 1.78 bits per heavy atom. The minimum absolute atomic E-state index is 0.166. The summed E-state index contributed by atoms with van der Waals surface area (Å²) in [4.78, 5) is 25.1. The van der Waals surface area contributed by atoms with Crippen LogP contribution < -0.4 is 5.32 Å². The monoisotopic (exact) mass is 339 g/mol. The summed E-state index contributed by atoms with van der Waals surface area (Å²) in [5, 5.41) is 2.83. The Kier molecular flexibility index (Phi) is 5.10. The van der Waals surface area contributed by atoms with Crippen LogP contribution in [0.3, 0.4) is 0 Å². The second kappa shape index (κ2) is 6.87. The van der Waals surface area contributed by atoms with Crippen molar-refractivity contribution in [2.75, 3.05) is 11.9 Å². The Morgan fingerprint density at radius 1 is 1.17 bits per heavy atom. The SMILES string of the molecule is CCOC(=O)c1c(NC(=O)c2cc(F)cc(F)c2)sc(C)c1C. The number of ether oxygens (including phenoxy) is 1. The largest absolute Gasteiger partial charge is 0.462 e. The van der Waals surface area contributed by atoms with Crippen molar-refractivity contribution in [1.29, 1.82) is 0 Å². The molecule has 1 aromatic carbocycles. The van der Waals surface area contributed by atoms with Gasteiger partial charge in [-0.2, -0.15) is 0 Å². The molecule has 0 spiro atoms. The van der Waals surface area contributed by atoms with E-state index in [4.69, 9.17) is 4.74 Å². The zero-order valence-corrected chi connectivity index (χ0v) is 13.6. The number of carbonyl (C=O) groups excluding carboxylic acids is 2. The standard InChI is InChI=1S/C16H15F2NO3S/c1-4-22-16(21)13-8(2)9(3)23-15(13)19-14(20)10-5-11(17)7-12(18)6-10/h5-7H,4H2,1-3H3,(H,19,20). The number of esters is 1. The van der Waals surface area contributed by atoms with E-state index in [0.29, 0.717) is 16.6 Å². The number of benzene rings is 1. The fourth-order valence-corrected chi connectivity index (χ4v) is 3.07. The lowest BCUT2D eigenvalue weighted by Crippen LogP contribution is -2.15. The number of amides is 1. The van der Waals surface area contributed by atoms with Crippen molar-refractivity contribution in [2.24, 2.45) is 0 Å². The van der Waals surface area contributed by atoms with E-state index in [9.17, 15) is 18.4 Å². The first-order valence-corrected chi connectivity index (χ1v) is 7.69. The second-order valence-electron chi connectivity index (χ2n) is 4.82. The molecule has 0 saturated carbocycles. The third-order valence-electron chi connectivity index (χ3n) is 3.22. The van der Waals surface area contributed by atoms with Gasteiger partial charge >= 0.3 is 5.97 Å². The molecule has 122 valence electrons. The van der Waals surface area contributed by atoms with Crippen LogP contribution in [0.2, 0.25) is 0 Å². The Hall–Kier alpha value is -2.28. The summed E-state index contributed by atoms with van der Waals surface area (Å²) in [6.45, 7) is 5.44. The molecule has 2 rings (SSSR count). The van der Waals surface area contributed by atoms with Crippen LogP contribution in [-0.2, 0) is 4.74 Å². The van der Waals surface area contributed by atoms with Gasteiger partial charge in [0.05, 0.1) is 12.2 Å². The summed E-state index contributed by atoms with van der Waals surface area (Å²) in [5.74, 6) is -2.94. The smallest absolute Gasteiger partial charge is 0.341 e. The predicted molar refractivity (Wildman–Crippen MR) is 84.1 cm³/mol. The maximum atomic E-state index is 13.2. The van der Waals surface area contributed by atoms with Gasteiger partial charge in [-0.05, 0) is 38.5 Å². The molecule has 0 fully saturated rings. The van der Waals surface area contributed by atoms with Crippen molar-refractivity contribution in [1.82, 2.24) is 0 Å². The van der Waals surface area contributed by atoms with Crippen molar-refractivity contribution < 1.29 is 23.1 Å². The van der Waals surface area contributed by atoms with Crippen molar-refractivity contribution in [3.63, 3.8) is 0 Å². The fraction of sp³-hybridized carbons (Fsp3) is 0.250. The highest BCUT2D eigenvalue weighted by Gasteiger charge is 2.22. The maximum Gasteiger partial charge on any atom is 0.341 e. The first-order valence-electron chi connectivity index (χ1n) is 6.88. The van der Waals surface area contributed by atoms with Crippen LogP contribution in [0.1, 0.15) is 38.1 Å². The molecule has 0 radical (unpaired) electrons. The molecule has 1 N–H and O–H groups in total. The quantitative estimate of drug-likeness (QED) is 0.854. The number of nitrogens with one attached hydrogen (secondary N) is 1. The van der Waals surface area contributed by atoms with Gasteiger partial charge in [-0.1, -0.05) is 0 Å². The Labute approximate surface area is 136 Å². The molecule has 0 saturated heterocycles. The van der Waals surface area contributed by atoms with Crippen molar-refractivity contribution in [3.05, 3.63) is 51.4 Å². The summed E-state index contributed by atoms with van der Waals surface area (Å²) < 4.78 is 31.4. The summed E-state index contributed by atoms with van der Waals surface area (Å²) in [6.07, 6.45) is 0. The number of rotatable bonds is 4. The third kappa shape index (κ3) is 3.73. The lowest BCUT2D eigenvalue weighted by molar-refractivity contribution is 0.0527. The van der Waals surface area contributed by atoms with E-state index >= 15 is 0 Å². The van der Waals surface area contributed by atoms with Gasteiger partial charge in [0.2, 0.25) is 0 Å². The third-order valence-corrected chi connectivity index (χ3v) is 4.34. The van der Waals surface area contributed by atoms with Gasteiger partial charge in [-0.3, -0.25) is 4.79 Å². The number of carbonyl (C=O) groups is 2. The normalized spacial score (nSPS) is 10.5. The van der Waals surface area contributed by atoms with Crippen LogP contribution in [0.5, 0.6) is 0 Å². The zero-order valence-electron chi connectivity index (χ0n) is 12.8. The van der Waals surface area contributed by atoms with Crippen molar-refractivity contribution in [2.45, 2.75) is 20.8 Å². The van der Waals surface area contributed by atoms with E-state index in [1.54, 1.807) is 20.8 Å². The maximum absolute atomic E-state index is 13.2. The predicted octanol–water partition coefficient (Wildman–Crippen LogP) is 4.07. The van der Waals surface area contributed by atoms with Gasteiger partial charge in [-0.15, -0.1) is 11.3 Å². The molecule has 0 bridgehead atoms. The molecule has 2 aromatic rings. The Morgan fingerprint density at radius 3 is 2.35 bits per heavy atom. The van der Waals surface area contributed by atoms with Crippen LogP contribution in [0.25, 0.3) is 0 Å². The van der Waals surface area contributed by atoms with Crippen LogP contribution >= 0.6 is 11.3 Å². The number of hydrogen-bond donors (Lipinski definition) is 1. The summed E-state index contributed by atoms with van der Waals surface area (Å²) in [7, 11) is 0. The highest BCUT2D eigenvalue weighted by atomic mass is 32.1. The molecule has 1 aromatic heterocycles. The highest BCUT2D eigenvalue weighted by molar-refractivity contribution is 7.16. The van der Waals surface area contributed by atoms with Gasteiger partial charge in [-0.25, -0.2) is 13.6 Å². The van der Waals surface area contributed by atoms with Crippen molar-refractivity contribution >= 4 is 28.2 Å². The zero-order chi connectivity index (χ0) is 17.1. The summed E-state index contributed by atoms with van der Waals surface area (Å²) in [6, 6.07) is 2.53. The Bertz CT molecular complexity index is 751. The van der Waals surface area contributed by atoms with Crippen LogP contribution in [0.4, 0.5) is 13.8 Å². The number of anilines is 1. The van der Waals surface area contributed by atoms with Gasteiger partial charge < -0.3 is 10.1 Å². The molecular weight excluding hydrogens is 324 g/mol. The first kappa shape index (κ1) is 17.1. The molecule has 0 atom stereocenters. The molecule has 23 heavy (non-hydrogen) atoms. The fourth-order valence-electron chi connectivity index (χ4n) is 2.02. The van der Waals surface area contributed by atoms with Gasteiger partial charge in [0.15, 0.2) is 0 Å². The van der Waals surface area contributed by atoms with E-state index in [1.165, 1.54) is 11.3 Å². The van der Waals surface area contributed by atoms with E-state index in [0.717, 1.165) is 17.0 Å². The molecule has 1 amide bonds. The topological polar surface area (TPSA) is 55.4 Å². The van der Waals surface area contributed by atoms with E-state index in [1.807, 2.05) is 0 Å². The summed E-state index contributed by atoms with van der Waals surface area (Å²) in [5.41, 5.74) is 0.801. The Balaban J connectivity index is 2.34. The second-order valence-corrected chi connectivity index (χ2v) is 6.04. The molecule has 0 unspecified atom stereocenters. The molecule has 0 aliphatic carbocycles. The van der Waals surface area contributed by atoms with Gasteiger partial charge in [0, 0.05) is 16.5 Å². The van der Waals surface area contributed by atoms with E-state index < -0.39 is 23.5 Å². The number of thiophene rings is 1. The van der Waals surface area contributed by atoms with Crippen molar-refractivity contribution in [3.8, 4) is 0 Å². The lowest BCUT2D eigenvalue weighted by atomic mass is 10.1. The number of aryl methyl sites for hydroxylation is 1. The molecule has 1 heterocycles. The van der Waals surface area contributed by atoms with Crippen LogP contribution in [0.15, 0.2) is 18.2 Å². The summed E-state index contributed by atoms with van der Waals surface area (Å²) >= 11 is 1.21. The molecule has 0 aliphatic heterocycles. The van der Waals surface area contributed by atoms with E-state index in [2.05, 4.69) is 5.32 Å². The average molecular weight is 339 g/mol. The minimum atomic E-state index is -0.848. The number of halogens is 2. The number of hydrogen-bond acceptors (Lipinski definition) is 4. The molecule has 0 aliphatic rings.